The molecule has 3 heterocycles. The van der Waals surface area contributed by atoms with Gasteiger partial charge in [0.05, 0.1) is 0 Å². The Balaban J connectivity index is 1.10. The number of hydrogen-bond donors (Lipinski definition) is 0. The third kappa shape index (κ3) is 4.48. The minimum Gasteiger partial charge on any atom is -0.456 e. The maximum absolute atomic E-state index is 6.09. The number of para-hydroxylation sites is 1. The van der Waals surface area contributed by atoms with E-state index in [2.05, 4.69) is 91.0 Å². The molecule has 3 aromatic heterocycles. The predicted molar refractivity (Wildman–Crippen MR) is 199 cm³/mol. The molecule has 0 aliphatic heterocycles. The van der Waals surface area contributed by atoms with Gasteiger partial charge in [-0.3, -0.25) is 0 Å². The molecule has 0 fully saturated rings. The molecule has 0 saturated heterocycles. The maximum Gasteiger partial charge on any atom is 0.164 e. The molecule has 0 bridgehead atoms. The van der Waals surface area contributed by atoms with E-state index in [0.29, 0.717) is 17.5 Å². The van der Waals surface area contributed by atoms with Crippen LogP contribution in [0.5, 0.6) is 0 Å². The van der Waals surface area contributed by atoms with Crippen molar-refractivity contribution in [2.75, 3.05) is 0 Å². The molecule has 0 unspecified atom stereocenters. The van der Waals surface area contributed by atoms with E-state index in [1.807, 2.05) is 60.7 Å². The number of aromatic nitrogens is 3. The van der Waals surface area contributed by atoms with Crippen LogP contribution < -0.4 is 0 Å². The Morgan fingerprint density at radius 3 is 1.85 bits per heavy atom. The highest BCUT2D eigenvalue weighted by molar-refractivity contribution is 7.25. The monoisotopic (exact) mass is 631 g/mol. The number of hydrogen-bond acceptors (Lipinski definition) is 5. The fraction of sp³-hybridized carbons (Fsp3) is 0. The fourth-order valence-corrected chi connectivity index (χ4v) is 7.81. The van der Waals surface area contributed by atoms with E-state index in [9.17, 15) is 0 Å². The second-order valence-corrected chi connectivity index (χ2v) is 13.2. The summed E-state index contributed by atoms with van der Waals surface area (Å²) in [5.41, 5.74) is 6.97. The predicted octanol–water partition coefficient (Wildman–Crippen LogP) is 12.0. The number of rotatable bonds is 4. The van der Waals surface area contributed by atoms with Crippen LogP contribution in [0.3, 0.4) is 0 Å². The van der Waals surface area contributed by atoms with Crippen molar-refractivity contribution < 1.29 is 4.42 Å². The van der Waals surface area contributed by atoms with Crippen molar-refractivity contribution in [2.24, 2.45) is 0 Å². The third-order valence-electron chi connectivity index (χ3n) is 9.11. The highest BCUT2D eigenvalue weighted by Crippen LogP contribution is 2.39. The van der Waals surface area contributed by atoms with E-state index in [1.165, 1.54) is 42.1 Å². The van der Waals surface area contributed by atoms with Crippen LogP contribution in [-0.4, -0.2) is 15.0 Å². The Kier molecular flexibility index (Phi) is 6.01. The van der Waals surface area contributed by atoms with Gasteiger partial charge in [0.2, 0.25) is 0 Å². The van der Waals surface area contributed by atoms with Crippen molar-refractivity contribution >= 4 is 64.2 Å². The molecule has 0 spiro atoms. The third-order valence-corrected chi connectivity index (χ3v) is 10.2. The molecular weight excluding hydrogens is 607 g/mol. The molecule has 4 nitrogen and oxygen atoms in total. The summed E-state index contributed by atoms with van der Waals surface area (Å²) < 4.78 is 8.55. The van der Waals surface area contributed by atoms with Gasteiger partial charge in [-0.05, 0) is 70.4 Å². The first-order chi connectivity index (χ1) is 23.7. The molecule has 224 valence electrons. The quantitative estimate of drug-likeness (QED) is 0.194. The first-order valence-electron chi connectivity index (χ1n) is 15.9. The van der Waals surface area contributed by atoms with E-state index in [4.69, 9.17) is 19.4 Å². The Morgan fingerprint density at radius 2 is 0.979 bits per heavy atom. The van der Waals surface area contributed by atoms with Crippen LogP contribution in [-0.2, 0) is 0 Å². The average molecular weight is 632 g/mol. The zero-order valence-corrected chi connectivity index (χ0v) is 26.4. The van der Waals surface area contributed by atoms with Crippen LogP contribution in [0.1, 0.15) is 0 Å². The van der Waals surface area contributed by atoms with Gasteiger partial charge in [0, 0.05) is 47.6 Å². The van der Waals surface area contributed by atoms with Gasteiger partial charge in [-0.15, -0.1) is 11.3 Å². The van der Waals surface area contributed by atoms with Gasteiger partial charge < -0.3 is 4.42 Å². The molecule has 0 aliphatic rings. The molecule has 0 aliphatic carbocycles. The molecular formula is C43H25N3OS. The Hall–Kier alpha value is -6.17. The van der Waals surface area contributed by atoms with E-state index in [-0.39, 0.29) is 0 Å². The lowest BCUT2D eigenvalue weighted by Gasteiger charge is -2.09. The van der Waals surface area contributed by atoms with Crippen LogP contribution >= 0.6 is 11.3 Å². The van der Waals surface area contributed by atoms with E-state index in [1.54, 1.807) is 11.3 Å². The van der Waals surface area contributed by atoms with Crippen molar-refractivity contribution in [3.8, 4) is 45.3 Å². The Labute approximate surface area is 279 Å². The lowest BCUT2D eigenvalue weighted by Crippen LogP contribution is -2.00. The maximum atomic E-state index is 6.09. The SMILES string of the molecule is c1ccc(-c2nc(-c3ccc4c(c3)sc3ccc(-c5ccc6ccccc6c5)cc34)nc(-c3ccc4oc5ccccc5c4c3)n2)cc1. The van der Waals surface area contributed by atoms with Crippen LogP contribution in [0.2, 0.25) is 0 Å². The summed E-state index contributed by atoms with van der Waals surface area (Å²) in [4.78, 5) is 15.0. The van der Waals surface area contributed by atoms with Crippen molar-refractivity contribution in [3.63, 3.8) is 0 Å². The molecule has 48 heavy (non-hydrogen) atoms. The molecule has 0 N–H and O–H groups in total. The van der Waals surface area contributed by atoms with Crippen LogP contribution in [0.15, 0.2) is 156 Å². The van der Waals surface area contributed by atoms with Gasteiger partial charge in [-0.25, -0.2) is 15.0 Å². The van der Waals surface area contributed by atoms with Crippen molar-refractivity contribution in [1.82, 2.24) is 15.0 Å². The zero-order valence-electron chi connectivity index (χ0n) is 25.6. The molecule has 0 saturated carbocycles. The van der Waals surface area contributed by atoms with Gasteiger partial charge in [0.1, 0.15) is 11.2 Å². The Bertz CT molecular complexity index is 2850. The first kappa shape index (κ1) is 27.0. The topological polar surface area (TPSA) is 51.8 Å². The smallest absolute Gasteiger partial charge is 0.164 e. The van der Waals surface area contributed by atoms with E-state index in [0.717, 1.165) is 38.6 Å². The normalized spacial score (nSPS) is 11.8. The van der Waals surface area contributed by atoms with Crippen LogP contribution in [0.4, 0.5) is 0 Å². The number of benzene rings is 7. The molecule has 0 amide bonds. The average Bonchev–Trinajstić information content (AvgIpc) is 3.72. The first-order valence-corrected chi connectivity index (χ1v) is 16.7. The summed E-state index contributed by atoms with van der Waals surface area (Å²) >= 11 is 1.80. The zero-order chi connectivity index (χ0) is 31.6. The van der Waals surface area contributed by atoms with Crippen LogP contribution in [0.25, 0.3) is 98.2 Å². The summed E-state index contributed by atoms with van der Waals surface area (Å²) in [6.45, 7) is 0. The molecule has 10 rings (SSSR count). The van der Waals surface area contributed by atoms with Gasteiger partial charge in [0.15, 0.2) is 17.5 Å². The molecule has 5 heteroatoms. The van der Waals surface area contributed by atoms with Gasteiger partial charge in [0.25, 0.3) is 0 Å². The summed E-state index contributed by atoms with van der Waals surface area (Å²) in [5, 5.41) is 7.11. The number of thiophene rings is 1. The summed E-state index contributed by atoms with van der Waals surface area (Å²) in [6, 6.07) is 52.9. The van der Waals surface area contributed by atoms with Gasteiger partial charge >= 0.3 is 0 Å². The largest absolute Gasteiger partial charge is 0.456 e. The number of nitrogens with zero attached hydrogens (tertiary/aromatic N) is 3. The second-order valence-electron chi connectivity index (χ2n) is 12.1. The van der Waals surface area contributed by atoms with E-state index >= 15 is 0 Å². The lowest BCUT2D eigenvalue weighted by atomic mass is 9.99. The second kappa shape index (κ2) is 10.7. The Morgan fingerprint density at radius 1 is 0.354 bits per heavy atom. The molecule has 0 radical (unpaired) electrons. The fourth-order valence-electron chi connectivity index (χ4n) is 6.68. The highest BCUT2D eigenvalue weighted by Gasteiger charge is 2.16. The van der Waals surface area contributed by atoms with Crippen molar-refractivity contribution in [3.05, 3.63) is 152 Å². The lowest BCUT2D eigenvalue weighted by molar-refractivity contribution is 0.669. The molecule has 7 aromatic carbocycles. The molecule has 10 aromatic rings. The standard InChI is InChI=1S/C43H25N3OS/c1-2-9-27(10-3-1)41-44-42(31-17-20-38-35(24-31)33-12-6-7-13-37(33)47-38)46-43(45-41)32-16-19-34-36-23-30(18-21-39(36)48-40(34)25-32)29-15-14-26-8-4-5-11-28(26)22-29/h1-25H. The number of furan rings is 1. The van der Waals surface area contributed by atoms with Crippen LogP contribution in [0, 0.1) is 0 Å². The summed E-state index contributed by atoms with van der Waals surface area (Å²) in [7, 11) is 0. The highest BCUT2D eigenvalue weighted by atomic mass is 32.1. The minimum absolute atomic E-state index is 0.627. The summed E-state index contributed by atoms with van der Waals surface area (Å²) in [6.07, 6.45) is 0. The van der Waals surface area contributed by atoms with Crippen molar-refractivity contribution in [1.29, 1.82) is 0 Å². The van der Waals surface area contributed by atoms with E-state index < -0.39 is 0 Å². The number of fused-ring (bicyclic) bond motifs is 7. The molecule has 0 atom stereocenters. The minimum atomic E-state index is 0.627. The summed E-state index contributed by atoms with van der Waals surface area (Å²) in [5.74, 6) is 1.92. The van der Waals surface area contributed by atoms with Gasteiger partial charge in [-0.2, -0.15) is 0 Å². The van der Waals surface area contributed by atoms with Crippen molar-refractivity contribution in [2.45, 2.75) is 0 Å². The van der Waals surface area contributed by atoms with Gasteiger partial charge in [-0.1, -0.05) is 103 Å².